The minimum atomic E-state index is 0.162. The van der Waals surface area contributed by atoms with Gasteiger partial charge in [0.1, 0.15) is 5.75 Å². The molecule has 3 unspecified atom stereocenters. The zero-order valence-electron chi connectivity index (χ0n) is 16.8. The highest BCUT2D eigenvalue weighted by Gasteiger charge is 2.27. The maximum atomic E-state index is 13.2. The molecule has 1 N–H and O–H groups in total. The van der Waals surface area contributed by atoms with Gasteiger partial charge in [-0.3, -0.25) is 4.79 Å². The summed E-state index contributed by atoms with van der Waals surface area (Å²) in [6, 6.07) is 7.97. The van der Waals surface area contributed by atoms with Gasteiger partial charge in [-0.2, -0.15) is 0 Å². The van der Waals surface area contributed by atoms with E-state index < -0.39 is 0 Å². The lowest BCUT2D eigenvalue weighted by atomic mass is 9.85. The Morgan fingerprint density at radius 2 is 2.19 bits per heavy atom. The van der Waals surface area contributed by atoms with Crippen molar-refractivity contribution in [2.45, 2.75) is 51.7 Å². The SMILES string of the molecule is COc1ccccc1CN(CC1CCCO1)C(=O)CC(C)C1CCCNC1. The van der Waals surface area contributed by atoms with Gasteiger partial charge < -0.3 is 19.7 Å². The maximum Gasteiger partial charge on any atom is 0.223 e. The first-order valence-corrected chi connectivity index (χ1v) is 10.4. The molecule has 0 spiro atoms. The van der Waals surface area contributed by atoms with E-state index in [1.165, 1.54) is 12.8 Å². The quantitative estimate of drug-likeness (QED) is 0.759. The van der Waals surface area contributed by atoms with Crippen molar-refractivity contribution in [3.63, 3.8) is 0 Å². The highest BCUT2D eigenvalue weighted by molar-refractivity contribution is 5.76. The monoisotopic (exact) mass is 374 g/mol. The molecule has 0 aromatic heterocycles. The number of rotatable bonds is 8. The number of carbonyl (C=O) groups excluding carboxylic acids is 1. The van der Waals surface area contributed by atoms with Gasteiger partial charge in [0, 0.05) is 31.7 Å². The van der Waals surface area contributed by atoms with Crippen molar-refractivity contribution < 1.29 is 14.3 Å². The highest BCUT2D eigenvalue weighted by Crippen LogP contribution is 2.26. The van der Waals surface area contributed by atoms with Crippen molar-refractivity contribution in [1.29, 1.82) is 0 Å². The molecule has 2 fully saturated rings. The van der Waals surface area contributed by atoms with Crippen LogP contribution in [-0.2, 0) is 16.1 Å². The predicted molar refractivity (Wildman–Crippen MR) is 107 cm³/mol. The number of ether oxygens (including phenoxy) is 2. The van der Waals surface area contributed by atoms with Crippen molar-refractivity contribution in [2.75, 3.05) is 33.4 Å². The van der Waals surface area contributed by atoms with Gasteiger partial charge in [-0.25, -0.2) is 0 Å². The Balaban J connectivity index is 1.67. The number of carbonyl (C=O) groups is 1. The number of piperidine rings is 1. The summed E-state index contributed by atoms with van der Waals surface area (Å²) in [5, 5.41) is 3.47. The van der Waals surface area contributed by atoms with E-state index in [1.54, 1.807) is 7.11 Å². The van der Waals surface area contributed by atoms with Crippen molar-refractivity contribution >= 4 is 5.91 Å². The van der Waals surface area contributed by atoms with E-state index in [0.29, 0.717) is 31.3 Å². The Labute approximate surface area is 163 Å². The molecule has 1 amide bonds. The van der Waals surface area contributed by atoms with E-state index in [2.05, 4.69) is 12.2 Å². The van der Waals surface area contributed by atoms with Gasteiger partial charge in [0.05, 0.1) is 13.2 Å². The van der Waals surface area contributed by atoms with Gasteiger partial charge in [0.2, 0.25) is 5.91 Å². The molecule has 3 atom stereocenters. The Morgan fingerprint density at radius 3 is 2.89 bits per heavy atom. The van der Waals surface area contributed by atoms with Crippen LogP contribution in [0.5, 0.6) is 5.75 Å². The fourth-order valence-corrected chi connectivity index (χ4v) is 4.26. The zero-order valence-corrected chi connectivity index (χ0v) is 16.8. The summed E-state index contributed by atoms with van der Waals surface area (Å²) < 4.78 is 11.3. The normalized spacial score (nSPS) is 23.8. The highest BCUT2D eigenvalue weighted by atomic mass is 16.5. The average molecular weight is 375 g/mol. The van der Waals surface area contributed by atoms with Gasteiger partial charge in [-0.1, -0.05) is 25.1 Å². The van der Waals surface area contributed by atoms with E-state index in [1.807, 2.05) is 29.2 Å². The maximum absolute atomic E-state index is 13.2. The van der Waals surface area contributed by atoms with Gasteiger partial charge in [0.25, 0.3) is 0 Å². The van der Waals surface area contributed by atoms with Crippen LogP contribution in [0, 0.1) is 11.8 Å². The number of benzene rings is 1. The van der Waals surface area contributed by atoms with Gasteiger partial charge in [0.15, 0.2) is 0 Å². The van der Waals surface area contributed by atoms with Gasteiger partial charge >= 0.3 is 0 Å². The molecular weight excluding hydrogens is 340 g/mol. The van der Waals surface area contributed by atoms with Crippen LogP contribution in [0.1, 0.15) is 44.6 Å². The number of nitrogens with zero attached hydrogens (tertiary/aromatic N) is 1. The summed E-state index contributed by atoms with van der Waals surface area (Å²) in [7, 11) is 1.68. The summed E-state index contributed by atoms with van der Waals surface area (Å²) in [5.74, 6) is 2.06. The lowest BCUT2D eigenvalue weighted by Crippen LogP contribution is -2.40. The fraction of sp³-hybridized carbons (Fsp3) is 0.682. The molecule has 1 aromatic carbocycles. The topological polar surface area (TPSA) is 50.8 Å². The van der Waals surface area contributed by atoms with Crippen LogP contribution in [0.3, 0.4) is 0 Å². The first-order valence-electron chi connectivity index (χ1n) is 10.4. The van der Waals surface area contributed by atoms with Crippen LogP contribution in [0.4, 0.5) is 0 Å². The molecule has 1 aromatic rings. The lowest BCUT2D eigenvalue weighted by molar-refractivity contribution is -0.134. The molecule has 0 aliphatic carbocycles. The van der Waals surface area contributed by atoms with Crippen molar-refractivity contribution in [2.24, 2.45) is 11.8 Å². The first-order chi connectivity index (χ1) is 13.2. The predicted octanol–water partition coefficient (Wildman–Crippen LogP) is 3.23. The zero-order chi connectivity index (χ0) is 19.1. The fourth-order valence-electron chi connectivity index (χ4n) is 4.26. The third-order valence-electron chi connectivity index (χ3n) is 5.99. The van der Waals surface area contributed by atoms with Crippen LogP contribution in [-0.4, -0.2) is 50.3 Å². The number of hydrogen-bond acceptors (Lipinski definition) is 4. The summed E-state index contributed by atoms with van der Waals surface area (Å²) in [6.07, 6.45) is 5.33. The molecule has 0 radical (unpaired) electrons. The number of para-hydroxylation sites is 1. The molecule has 2 heterocycles. The molecule has 0 saturated carbocycles. The first kappa shape index (κ1) is 20.2. The second kappa shape index (κ2) is 10.1. The lowest BCUT2D eigenvalue weighted by Gasteiger charge is -2.31. The number of nitrogens with one attached hydrogen (secondary N) is 1. The van der Waals surface area contributed by atoms with E-state index in [4.69, 9.17) is 9.47 Å². The minimum Gasteiger partial charge on any atom is -0.496 e. The third kappa shape index (κ3) is 5.69. The van der Waals surface area contributed by atoms with Crippen LogP contribution in [0.2, 0.25) is 0 Å². The molecule has 5 nitrogen and oxygen atoms in total. The minimum absolute atomic E-state index is 0.162. The van der Waals surface area contributed by atoms with E-state index >= 15 is 0 Å². The molecule has 2 saturated heterocycles. The van der Waals surface area contributed by atoms with Gasteiger partial charge in [-0.15, -0.1) is 0 Å². The van der Waals surface area contributed by atoms with Crippen LogP contribution in [0.15, 0.2) is 24.3 Å². The molecule has 2 aliphatic rings. The molecule has 27 heavy (non-hydrogen) atoms. The van der Waals surface area contributed by atoms with E-state index in [9.17, 15) is 4.79 Å². The number of hydrogen-bond donors (Lipinski definition) is 1. The molecule has 2 aliphatic heterocycles. The van der Waals surface area contributed by atoms with Crippen LogP contribution in [0.25, 0.3) is 0 Å². The number of amides is 1. The average Bonchev–Trinajstić information content (AvgIpc) is 3.21. The Kier molecular flexibility index (Phi) is 7.53. The molecule has 150 valence electrons. The third-order valence-corrected chi connectivity index (χ3v) is 5.99. The van der Waals surface area contributed by atoms with E-state index in [-0.39, 0.29) is 12.0 Å². The molecule has 5 heteroatoms. The Hall–Kier alpha value is -1.59. The van der Waals surface area contributed by atoms with E-state index in [0.717, 1.165) is 43.9 Å². The second-order valence-corrected chi connectivity index (χ2v) is 8.01. The van der Waals surface area contributed by atoms with Gasteiger partial charge in [-0.05, 0) is 56.7 Å². The summed E-state index contributed by atoms with van der Waals surface area (Å²) in [5.41, 5.74) is 1.05. The Bertz CT molecular complexity index is 595. The smallest absolute Gasteiger partial charge is 0.223 e. The molecule has 0 bridgehead atoms. The molecular formula is C22H34N2O3. The number of methoxy groups -OCH3 is 1. The van der Waals surface area contributed by atoms with Crippen LogP contribution >= 0.6 is 0 Å². The summed E-state index contributed by atoms with van der Waals surface area (Å²) in [4.78, 5) is 15.2. The summed E-state index contributed by atoms with van der Waals surface area (Å²) >= 11 is 0. The van der Waals surface area contributed by atoms with Crippen molar-refractivity contribution in [3.8, 4) is 5.75 Å². The standard InChI is InChI=1S/C22H34N2O3/c1-17(18-8-5-11-23-14-18)13-22(25)24(16-20-9-6-12-27-20)15-19-7-3-4-10-21(19)26-2/h3-4,7,10,17-18,20,23H,5-6,8-9,11-16H2,1-2H3. The van der Waals surface area contributed by atoms with Crippen molar-refractivity contribution in [1.82, 2.24) is 10.2 Å². The largest absolute Gasteiger partial charge is 0.496 e. The van der Waals surface area contributed by atoms with Crippen LogP contribution < -0.4 is 10.1 Å². The summed E-state index contributed by atoms with van der Waals surface area (Å²) in [6.45, 7) is 6.43. The molecule has 3 rings (SSSR count). The van der Waals surface area contributed by atoms with Crippen molar-refractivity contribution in [3.05, 3.63) is 29.8 Å². The Morgan fingerprint density at radius 1 is 1.33 bits per heavy atom. The second-order valence-electron chi connectivity index (χ2n) is 8.01.